The van der Waals surface area contributed by atoms with Crippen LogP contribution in [-0.4, -0.2) is 16.1 Å². The van der Waals surface area contributed by atoms with E-state index in [1.165, 1.54) is 0 Å². The zero-order valence-electron chi connectivity index (χ0n) is 8.41. The van der Waals surface area contributed by atoms with Gasteiger partial charge < -0.3 is 9.72 Å². The van der Waals surface area contributed by atoms with Crippen LogP contribution in [0.3, 0.4) is 0 Å². The first-order chi connectivity index (χ1) is 6.65. The van der Waals surface area contributed by atoms with Gasteiger partial charge in [-0.3, -0.25) is 0 Å². The number of H-pyrrole nitrogens is 1. The average Bonchev–Trinajstić information content (AvgIpc) is 2.82. The highest BCUT2D eigenvalue weighted by Gasteiger charge is 2.25. The van der Waals surface area contributed by atoms with E-state index in [1.807, 2.05) is 19.9 Å². The first-order valence-corrected chi connectivity index (χ1v) is 4.93. The fourth-order valence-electron chi connectivity index (χ4n) is 1.37. The minimum Gasteiger partial charge on any atom is -0.475 e. The molecule has 0 unspecified atom stereocenters. The summed E-state index contributed by atoms with van der Waals surface area (Å²) < 4.78 is 5.38. The Bertz CT molecular complexity index is 380. The lowest BCUT2D eigenvalue weighted by Crippen LogP contribution is -2.16. The quantitative estimate of drug-likeness (QED) is 0.792. The summed E-state index contributed by atoms with van der Waals surface area (Å²) >= 11 is 0. The molecule has 1 aliphatic carbocycles. The molecule has 0 radical (unpaired) electrons. The zero-order valence-corrected chi connectivity index (χ0v) is 8.41. The lowest BCUT2D eigenvalue weighted by atomic mass is 10.3. The Kier molecular flexibility index (Phi) is 2.27. The van der Waals surface area contributed by atoms with Crippen molar-refractivity contribution in [1.82, 2.24) is 9.97 Å². The largest absolute Gasteiger partial charge is 0.475 e. The second kappa shape index (κ2) is 3.44. The van der Waals surface area contributed by atoms with Gasteiger partial charge in [-0.25, -0.2) is 4.79 Å². The van der Waals surface area contributed by atoms with Crippen LogP contribution in [0.1, 0.15) is 38.3 Å². The summed E-state index contributed by atoms with van der Waals surface area (Å²) in [7, 11) is 0. The number of rotatable bonds is 3. The van der Waals surface area contributed by atoms with E-state index in [1.54, 1.807) is 0 Å². The molecule has 1 fully saturated rings. The predicted octanol–water partition coefficient (Wildman–Crippen LogP) is 1.43. The average molecular weight is 194 g/mol. The maximum Gasteiger partial charge on any atom is 0.348 e. The molecule has 1 aromatic rings. The van der Waals surface area contributed by atoms with Gasteiger partial charge in [-0.15, -0.1) is 0 Å². The third kappa shape index (κ3) is 2.13. The number of nitrogens with zero attached hydrogens (tertiary/aromatic N) is 1. The number of aromatic nitrogens is 2. The third-order valence-electron chi connectivity index (χ3n) is 2.12. The second-order valence-corrected chi connectivity index (χ2v) is 3.92. The topological polar surface area (TPSA) is 55.0 Å². The van der Waals surface area contributed by atoms with Gasteiger partial charge in [0, 0.05) is 11.8 Å². The first kappa shape index (κ1) is 9.24. The van der Waals surface area contributed by atoms with Crippen LogP contribution in [0.2, 0.25) is 0 Å². The third-order valence-corrected chi connectivity index (χ3v) is 2.12. The van der Waals surface area contributed by atoms with E-state index in [2.05, 4.69) is 9.97 Å². The number of ether oxygens (including phenoxy) is 1. The van der Waals surface area contributed by atoms with E-state index in [0.717, 1.165) is 18.5 Å². The molecule has 0 saturated heterocycles. The Balaban J connectivity index is 2.26. The molecule has 0 atom stereocenters. The van der Waals surface area contributed by atoms with Crippen LogP contribution in [0.5, 0.6) is 5.88 Å². The van der Waals surface area contributed by atoms with Gasteiger partial charge in [-0.2, -0.15) is 4.98 Å². The van der Waals surface area contributed by atoms with Crippen molar-refractivity contribution in [3.05, 3.63) is 22.2 Å². The summed E-state index contributed by atoms with van der Waals surface area (Å²) in [5.41, 5.74) is 0.644. The van der Waals surface area contributed by atoms with E-state index in [4.69, 9.17) is 4.74 Å². The van der Waals surface area contributed by atoms with Crippen molar-refractivity contribution < 1.29 is 4.74 Å². The van der Waals surface area contributed by atoms with Crippen LogP contribution in [0, 0.1) is 0 Å². The molecule has 0 bridgehead atoms. The number of hydrogen-bond donors (Lipinski definition) is 1. The van der Waals surface area contributed by atoms with Crippen molar-refractivity contribution in [2.24, 2.45) is 0 Å². The molecule has 0 amide bonds. The molecular formula is C10H14N2O2. The summed E-state index contributed by atoms with van der Waals surface area (Å²) in [6.07, 6.45) is 2.36. The van der Waals surface area contributed by atoms with E-state index in [-0.39, 0.29) is 11.8 Å². The standard InChI is InChI=1S/C10H14N2O2/c1-6(2)14-9-5-8(7-3-4-7)11-10(13)12-9/h5-7H,3-4H2,1-2H3,(H,11,12,13). The molecule has 0 aromatic carbocycles. The van der Waals surface area contributed by atoms with Gasteiger partial charge >= 0.3 is 5.69 Å². The molecule has 1 heterocycles. The van der Waals surface area contributed by atoms with Crippen LogP contribution in [0.25, 0.3) is 0 Å². The monoisotopic (exact) mass is 194 g/mol. The fraction of sp³-hybridized carbons (Fsp3) is 0.600. The van der Waals surface area contributed by atoms with Crippen LogP contribution >= 0.6 is 0 Å². The summed E-state index contributed by atoms with van der Waals surface area (Å²) in [5, 5.41) is 0. The minimum absolute atomic E-state index is 0.0522. The molecule has 0 spiro atoms. The van der Waals surface area contributed by atoms with Crippen molar-refractivity contribution >= 4 is 0 Å². The van der Waals surface area contributed by atoms with Crippen LogP contribution < -0.4 is 10.4 Å². The maximum absolute atomic E-state index is 11.2. The van der Waals surface area contributed by atoms with Gasteiger partial charge in [0.1, 0.15) is 0 Å². The lowest BCUT2D eigenvalue weighted by molar-refractivity contribution is 0.231. The fourth-order valence-corrected chi connectivity index (χ4v) is 1.37. The van der Waals surface area contributed by atoms with Gasteiger partial charge in [0.2, 0.25) is 5.88 Å². The van der Waals surface area contributed by atoms with Crippen molar-refractivity contribution in [2.45, 2.75) is 38.7 Å². The molecule has 0 aliphatic heterocycles. The second-order valence-electron chi connectivity index (χ2n) is 3.92. The van der Waals surface area contributed by atoms with Gasteiger partial charge in [-0.05, 0) is 32.6 Å². The number of hydrogen-bond acceptors (Lipinski definition) is 3. The summed E-state index contributed by atoms with van der Waals surface area (Å²) in [6, 6.07) is 1.83. The normalized spacial score (nSPS) is 15.9. The highest BCUT2D eigenvalue weighted by atomic mass is 16.5. The molecule has 1 aliphatic rings. The van der Waals surface area contributed by atoms with E-state index >= 15 is 0 Å². The van der Waals surface area contributed by atoms with Crippen molar-refractivity contribution in [1.29, 1.82) is 0 Å². The van der Waals surface area contributed by atoms with E-state index in [9.17, 15) is 4.79 Å². The molecule has 1 saturated carbocycles. The summed E-state index contributed by atoms with van der Waals surface area (Å²) in [6.45, 7) is 3.83. The van der Waals surface area contributed by atoms with Crippen LogP contribution in [0.15, 0.2) is 10.9 Å². The Morgan fingerprint density at radius 3 is 2.86 bits per heavy atom. The number of nitrogens with one attached hydrogen (secondary N) is 1. The molecule has 4 heteroatoms. The zero-order chi connectivity index (χ0) is 10.1. The highest BCUT2D eigenvalue weighted by Crippen LogP contribution is 2.39. The molecule has 4 nitrogen and oxygen atoms in total. The summed E-state index contributed by atoms with van der Waals surface area (Å²) in [5.74, 6) is 0.950. The lowest BCUT2D eigenvalue weighted by Gasteiger charge is -2.08. The van der Waals surface area contributed by atoms with Gasteiger partial charge in [-0.1, -0.05) is 0 Å². The van der Waals surface area contributed by atoms with Gasteiger partial charge in [0.25, 0.3) is 0 Å². The van der Waals surface area contributed by atoms with Crippen molar-refractivity contribution in [3.63, 3.8) is 0 Å². The van der Waals surface area contributed by atoms with E-state index in [0.29, 0.717) is 11.8 Å². The Morgan fingerprint density at radius 2 is 2.29 bits per heavy atom. The predicted molar refractivity (Wildman–Crippen MR) is 52.6 cm³/mol. The smallest absolute Gasteiger partial charge is 0.348 e. The van der Waals surface area contributed by atoms with Gasteiger partial charge in [0.05, 0.1) is 6.10 Å². The van der Waals surface area contributed by atoms with Crippen molar-refractivity contribution in [3.8, 4) is 5.88 Å². The Labute approximate surface area is 82.3 Å². The molecule has 2 rings (SSSR count). The first-order valence-electron chi connectivity index (χ1n) is 4.93. The van der Waals surface area contributed by atoms with Crippen LogP contribution in [-0.2, 0) is 0 Å². The Morgan fingerprint density at radius 1 is 1.57 bits per heavy atom. The van der Waals surface area contributed by atoms with Crippen LogP contribution in [0.4, 0.5) is 0 Å². The molecule has 1 aromatic heterocycles. The highest BCUT2D eigenvalue weighted by molar-refractivity contribution is 5.20. The molecule has 14 heavy (non-hydrogen) atoms. The molecule has 1 N–H and O–H groups in total. The van der Waals surface area contributed by atoms with E-state index < -0.39 is 0 Å². The summed E-state index contributed by atoms with van der Waals surface area (Å²) in [4.78, 5) is 17.7. The maximum atomic E-state index is 11.2. The molecule has 76 valence electrons. The minimum atomic E-state index is -0.315. The SMILES string of the molecule is CC(C)Oc1cc(C2CC2)[nH]c(=O)n1. The number of aromatic amines is 1. The Hall–Kier alpha value is -1.32. The van der Waals surface area contributed by atoms with Crippen molar-refractivity contribution in [2.75, 3.05) is 0 Å². The molecular weight excluding hydrogens is 180 g/mol. The van der Waals surface area contributed by atoms with Gasteiger partial charge in [0.15, 0.2) is 0 Å².